The maximum atomic E-state index is 12.5. The van der Waals surface area contributed by atoms with Crippen molar-refractivity contribution < 1.29 is 18.4 Å². The van der Waals surface area contributed by atoms with E-state index in [-0.39, 0.29) is 28.3 Å². The van der Waals surface area contributed by atoms with Crippen LogP contribution in [-0.4, -0.2) is 22.6 Å². The molecule has 0 saturated heterocycles. The van der Waals surface area contributed by atoms with Gasteiger partial charge in [0.1, 0.15) is 5.03 Å². The van der Waals surface area contributed by atoms with Crippen molar-refractivity contribution in [1.29, 1.82) is 0 Å². The standard InChI is InChI=1S/C15H13F2N3O2S/c1-9(21)19-10-4-6-11(7-5-10)20-13(22)12-3-2-8-18-14(12)23-15(16)17/h2-8,15H,1H3,(H,19,21)(H,20,22). The van der Waals surface area contributed by atoms with Gasteiger partial charge in [0.05, 0.1) is 5.56 Å². The quantitative estimate of drug-likeness (QED) is 0.818. The molecule has 0 fully saturated rings. The third kappa shape index (κ3) is 5.03. The molecule has 2 aromatic rings. The largest absolute Gasteiger partial charge is 0.326 e. The monoisotopic (exact) mass is 337 g/mol. The van der Waals surface area contributed by atoms with Gasteiger partial charge in [-0.25, -0.2) is 4.98 Å². The van der Waals surface area contributed by atoms with Crippen molar-refractivity contribution in [2.45, 2.75) is 17.7 Å². The minimum Gasteiger partial charge on any atom is -0.326 e. The summed E-state index contributed by atoms with van der Waals surface area (Å²) in [7, 11) is 0. The number of halogens is 2. The Labute approximate surface area is 135 Å². The number of thioether (sulfide) groups is 1. The Kier molecular flexibility index (Phi) is 5.64. The van der Waals surface area contributed by atoms with Crippen LogP contribution in [-0.2, 0) is 4.79 Å². The van der Waals surface area contributed by atoms with Crippen LogP contribution < -0.4 is 10.6 Å². The number of rotatable bonds is 5. The molecule has 1 heterocycles. The van der Waals surface area contributed by atoms with Crippen molar-refractivity contribution in [3.63, 3.8) is 0 Å². The summed E-state index contributed by atoms with van der Waals surface area (Å²) in [6.07, 6.45) is 1.35. The zero-order valence-corrected chi connectivity index (χ0v) is 12.9. The summed E-state index contributed by atoms with van der Waals surface area (Å²) in [5.41, 5.74) is 1.13. The smallest absolute Gasteiger partial charge is 0.290 e. The van der Waals surface area contributed by atoms with Gasteiger partial charge in [-0.2, -0.15) is 8.78 Å². The molecule has 8 heteroatoms. The number of anilines is 2. The lowest BCUT2D eigenvalue weighted by Crippen LogP contribution is -2.14. The maximum absolute atomic E-state index is 12.5. The zero-order valence-electron chi connectivity index (χ0n) is 12.0. The van der Waals surface area contributed by atoms with Crippen LogP contribution in [0.4, 0.5) is 20.2 Å². The van der Waals surface area contributed by atoms with Gasteiger partial charge in [-0.1, -0.05) is 0 Å². The van der Waals surface area contributed by atoms with Crippen LogP contribution in [0.15, 0.2) is 47.6 Å². The Morgan fingerprint density at radius 1 is 1.09 bits per heavy atom. The second-order valence-corrected chi connectivity index (χ2v) is 5.43. The first-order valence-corrected chi connectivity index (χ1v) is 7.42. The van der Waals surface area contributed by atoms with Crippen LogP contribution >= 0.6 is 11.8 Å². The van der Waals surface area contributed by atoms with Crippen molar-refractivity contribution in [2.75, 3.05) is 10.6 Å². The van der Waals surface area contributed by atoms with E-state index in [0.29, 0.717) is 11.4 Å². The molecule has 0 aliphatic heterocycles. The van der Waals surface area contributed by atoms with E-state index in [4.69, 9.17) is 0 Å². The highest BCUT2D eigenvalue weighted by Crippen LogP contribution is 2.27. The lowest BCUT2D eigenvalue weighted by molar-refractivity contribution is -0.114. The first-order valence-electron chi connectivity index (χ1n) is 6.54. The van der Waals surface area contributed by atoms with Crippen LogP contribution in [0.1, 0.15) is 17.3 Å². The van der Waals surface area contributed by atoms with Gasteiger partial charge in [0, 0.05) is 24.5 Å². The summed E-state index contributed by atoms with van der Waals surface area (Å²) in [5, 5.41) is 5.17. The van der Waals surface area contributed by atoms with Gasteiger partial charge in [-0.15, -0.1) is 0 Å². The first-order chi connectivity index (χ1) is 11.0. The molecule has 2 rings (SSSR count). The molecule has 1 aromatic heterocycles. The minimum absolute atomic E-state index is 0.0325. The maximum Gasteiger partial charge on any atom is 0.290 e. The Bertz CT molecular complexity index is 708. The predicted molar refractivity (Wildman–Crippen MR) is 84.8 cm³/mol. The zero-order chi connectivity index (χ0) is 16.8. The molecular weight excluding hydrogens is 324 g/mol. The van der Waals surface area contributed by atoms with E-state index in [1.165, 1.54) is 25.3 Å². The molecule has 1 aromatic carbocycles. The number of benzene rings is 1. The van der Waals surface area contributed by atoms with E-state index >= 15 is 0 Å². The number of hydrogen-bond donors (Lipinski definition) is 2. The number of nitrogens with one attached hydrogen (secondary N) is 2. The highest BCUT2D eigenvalue weighted by Gasteiger charge is 2.16. The Hall–Kier alpha value is -2.48. The third-order valence-electron chi connectivity index (χ3n) is 2.68. The van der Waals surface area contributed by atoms with Gasteiger partial charge in [-0.3, -0.25) is 9.59 Å². The van der Waals surface area contributed by atoms with E-state index in [2.05, 4.69) is 15.6 Å². The highest BCUT2D eigenvalue weighted by molar-refractivity contribution is 7.99. The molecule has 0 bridgehead atoms. The summed E-state index contributed by atoms with van der Waals surface area (Å²) < 4.78 is 25.0. The normalized spacial score (nSPS) is 10.4. The highest BCUT2D eigenvalue weighted by atomic mass is 32.2. The van der Waals surface area contributed by atoms with Crippen molar-refractivity contribution in [2.24, 2.45) is 0 Å². The van der Waals surface area contributed by atoms with Gasteiger partial charge in [0.15, 0.2) is 0 Å². The second kappa shape index (κ2) is 7.68. The number of hydrogen-bond acceptors (Lipinski definition) is 4. The number of pyridine rings is 1. The van der Waals surface area contributed by atoms with Crippen LogP contribution in [0.2, 0.25) is 0 Å². The number of amides is 2. The molecule has 0 radical (unpaired) electrons. The molecule has 23 heavy (non-hydrogen) atoms. The second-order valence-electron chi connectivity index (χ2n) is 4.45. The Morgan fingerprint density at radius 3 is 2.26 bits per heavy atom. The van der Waals surface area contributed by atoms with Crippen LogP contribution in [0.3, 0.4) is 0 Å². The van der Waals surface area contributed by atoms with Crippen molar-refractivity contribution in [1.82, 2.24) is 4.98 Å². The van der Waals surface area contributed by atoms with E-state index in [1.807, 2.05) is 0 Å². The fraction of sp³-hybridized carbons (Fsp3) is 0.133. The average molecular weight is 337 g/mol. The Morgan fingerprint density at radius 2 is 1.70 bits per heavy atom. The van der Waals surface area contributed by atoms with Crippen molar-refractivity contribution >= 4 is 35.0 Å². The molecule has 5 nitrogen and oxygen atoms in total. The fourth-order valence-electron chi connectivity index (χ4n) is 1.78. The lowest BCUT2D eigenvalue weighted by Gasteiger charge is -2.09. The number of carbonyl (C=O) groups is 2. The number of aromatic nitrogens is 1. The predicted octanol–water partition coefficient (Wildman–Crippen LogP) is 3.61. The third-order valence-corrected chi connectivity index (χ3v) is 3.41. The van der Waals surface area contributed by atoms with E-state index in [9.17, 15) is 18.4 Å². The topological polar surface area (TPSA) is 71.1 Å². The molecular formula is C15H13F2N3O2S. The van der Waals surface area contributed by atoms with Gasteiger partial charge in [0.25, 0.3) is 11.7 Å². The van der Waals surface area contributed by atoms with E-state index in [1.54, 1.807) is 24.3 Å². The van der Waals surface area contributed by atoms with Crippen LogP contribution in [0, 0.1) is 0 Å². The average Bonchev–Trinajstić information content (AvgIpc) is 2.48. The molecule has 2 N–H and O–H groups in total. The van der Waals surface area contributed by atoms with Crippen molar-refractivity contribution in [3.8, 4) is 0 Å². The van der Waals surface area contributed by atoms with Gasteiger partial charge in [-0.05, 0) is 48.2 Å². The molecule has 0 unspecified atom stereocenters. The molecule has 0 spiro atoms. The molecule has 0 atom stereocenters. The summed E-state index contributed by atoms with van der Waals surface area (Å²) in [4.78, 5) is 26.9. The van der Waals surface area contributed by atoms with E-state index in [0.717, 1.165) is 0 Å². The summed E-state index contributed by atoms with van der Waals surface area (Å²) in [6.45, 7) is 1.39. The van der Waals surface area contributed by atoms with Crippen molar-refractivity contribution in [3.05, 3.63) is 48.2 Å². The summed E-state index contributed by atoms with van der Waals surface area (Å²) in [5.74, 6) is -3.40. The first kappa shape index (κ1) is 16.9. The summed E-state index contributed by atoms with van der Waals surface area (Å²) >= 11 is 0.220. The number of carbonyl (C=O) groups excluding carboxylic acids is 2. The molecule has 120 valence electrons. The number of nitrogens with zero attached hydrogens (tertiary/aromatic N) is 1. The summed E-state index contributed by atoms with van der Waals surface area (Å²) in [6, 6.07) is 9.37. The van der Waals surface area contributed by atoms with Gasteiger partial charge in [0.2, 0.25) is 5.91 Å². The molecule has 0 saturated carbocycles. The van der Waals surface area contributed by atoms with Gasteiger partial charge >= 0.3 is 0 Å². The number of alkyl halides is 2. The van der Waals surface area contributed by atoms with Gasteiger partial charge < -0.3 is 10.6 Å². The molecule has 0 aliphatic carbocycles. The van der Waals surface area contributed by atoms with Crippen LogP contribution in [0.5, 0.6) is 0 Å². The molecule has 2 amide bonds. The van der Waals surface area contributed by atoms with E-state index < -0.39 is 11.7 Å². The fourth-order valence-corrected chi connectivity index (χ4v) is 2.36. The molecule has 0 aliphatic rings. The Balaban J connectivity index is 2.11. The minimum atomic E-state index is -2.66. The SMILES string of the molecule is CC(=O)Nc1ccc(NC(=O)c2cccnc2SC(F)F)cc1. The van der Waals surface area contributed by atoms with Crippen LogP contribution in [0.25, 0.3) is 0 Å². The lowest BCUT2D eigenvalue weighted by atomic mass is 10.2.